The monoisotopic (exact) mass is 416 g/mol. The SMILES string of the molecule is O=S(=O)(c1ccccc1OCc1ccccc1)C1CS(O)(O)c2ccccc21. The van der Waals surface area contributed by atoms with E-state index in [4.69, 9.17) is 4.74 Å². The number of benzene rings is 3. The Morgan fingerprint density at radius 2 is 1.54 bits per heavy atom. The second-order valence-electron chi connectivity index (χ2n) is 6.63. The number of rotatable bonds is 5. The number of hydrogen-bond acceptors (Lipinski definition) is 5. The summed E-state index contributed by atoms with van der Waals surface area (Å²) in [7, 11) is -7.02. The van der Waals surface area contributed by atoms with Crippen LogP contribution in [0.2, 0.25) is 0 Å². The summed E-state index contributed by atoms with van der Waals surface area (Å²) >= 11 is 0. The molecule has 7 heteroatoms. The predicted molar refractivity (Wildman–Crippen MR) is 110 cm³/mol. The summed E-state index contributed by atoms with van der Waals surface area (Å²) in [5, 5.41) is -1.02. The maximum absolute atomic E-state index is 13.4. The summed E-state index contributed by atoms with van der Waals surface area (Å²) in [6, 6.07) is 22.6. The van der Waals surface area contributed by atoms with Crippen molar-refractivity contribution >= 4 is 20.4 Å². The Labute approximate surface area is 165 Å². The van der Waals surface area contributed by atoms with E-state index in [1.54, 1.807) is 42.5 Å². The van der Waals surface area contributed by atoms with E-state index in [1.165, 1.54) is 6.07 Å². The van der Waals surface area contributed by atoms with Crippen LogP contribution in [0.25, 0.3) is 0 Å². The molecule has 0 saturated heterocycles. The number of fused-ring (bicyclic) bond motifs is 1. The zero-order valence-corrected chi connectivity index (χ0v) is 16.6. The molecule has 0 radical (unpaired) electrons. The highest BCUT2D eigenvalue weighted by atomic mass is 32.3. The Bertz CT molecular complexity index is 1090. The van der Waals surface area contributed by atoms with Gasteiger partial charge in [0.2, 0.25) is 0 Å². The van der Waals surface area contributed by atoms with E-state index in [-0.39, 0.29) is 23.0 Å². The third-order valence-electron chi connectivity index (χ3n) is 4.77. The summed E-state index contributed by atoms with van der Waals surface area (Å²) in [5.41, 5.74) is 1.37. The lowest BCUT2D eigenvalue weighted by molar-refractivity contribution is 0.298. The van der Waals surface area contributed by atoms with Gasteiger partial charge in [-0.2, -0.15) is 10.6 Å². The molecular weight excluding hydrogens is 396 g/mol. The molecule has 2 N–H and O–H groups in total. The molecule has 1 aliphatic heterocycles. The van der Waals surface area contributed by atoms with Gasteiger partial charge in [0.15, 0.2) is 9.84 Å². The molecule has 1 heterocycles. The molecule has 5 nitrogen and oxygen atoms in total. The van der Waals surface area contributed by atoms with Crippen LogP contribution in [0, 0.1) is 0 Å². The third kappa shape index (κ3) is 3.42. The number of para-hydroxylation sites is 1. The molecule has 0 saturated carbocycles. The average molecular weight is 417 g/mol. The van der Waals surface area contributed by atoms with E-state index in [1.807, 2.05) is 30.3 Å². The fourth-order valence-electron chi connectivity index (χ4n) is 3.38. The summed E-state index contributed by atoms with van der Waals surface area (Å²) in [4.78, 5) is 0.370. The minimum atomic E-state index is -3.88. The van der Waals surface area contributed by atoms with E-state index >= 15 is 0 Å². The Morgan fingerprint density at radius 1 is 0.893 bits per heavy atom. The lowest BCUT2D eigenvalue weighted by atomic mass is 10.2. The lowest BCUT2D eigenvalue weighted by Gasteiger charge is -2.27. The van der Waals surface area contributed by atoms with Gasteiger partial charge >= 0.3 is 0 Å². The highest BCUT2D eigenvalue weighted by Gasteiger charge is 2.43. The molecule has 0 amide bonds. The van der Waals surface area contributed by atoms with Gasteiger partial charge in [-0.05, 0) is 29.3 Å². The Balaban J connectivity index is 1.70. The molecule has 0 bridgehead atoms. The van der Waals surface area contributed by atoms with Crippen LogP contribution in [0.3, 0.4) is 0 Å². The Hall–Kier alpha value is -2.32. The van der Waals surface area contributed by atoms with Crippen LogP contribution in [0.5, 0.6) is 5.75 Å². The first-order valence-corrected chi connectivity index (χ1v) is 12.0. The minimum Gasteiger partial charge on any atom is -0.488 e. The first kappa shape index (κ1) is 19.0. The maximum Gasteiger partial charge on any atom is 0.190 e. The summed E-state index contributed by atoms with van der Waals surface area (Å²) < 4.78 is 53.5. The number of ether oxygens (including phenoxy) is 1. The highest BCUT2D eigenvalue weighted by Crippen LogP contribution is 2.61. The number of sulfone groups is 1. The van der Waals surface area contributed by atoms with Crippen molar-refractivity contribution in [2.75, 3.05) is 5.75 Å². The molecule has 4 rings (SSSR count). The first-order chi connectivity index (χ1) is 13.4. The molecule has 3 aromatic rings. The lowest BCUT2D eigenvalue weighted by Crippen LogP contribution is -2.16. The summed E-state index contributed by atoms with van der Waals surface area (Å²) in [6.45, 7) is 0.240. The van der Waals surface area contributed by atoms with Gasteiger partial charge < -0.3 is 4.74 Å². The Morgan fingerprint density at radius 3 is 2.32 bits per heavy atom. The number of hydrogen-bond donors (Lipinski definition) is 2. The van der Waals surface area contributed by atoms with Crippen molar-refractivity contribution in [3.8, 4) is 5.75 Å². The summed E-state index contributed by atoms with van der Waals surface area (Å²) in [6.07, 6.45) is 0. The van der Waals surface area contributed by atoms with Crippen LogP contribution in [0.15, 0.2) is 88.7 Å². The normalized spacial score (nSPS) is 19.0. The van der Waals surface area contributed by atoms with Gasteiger partial charge in [0.1, 0.15) is 22.5 Å². The van der Waals surface area contributed by atoms with Crippen LogP contribution in [-0.2, 0) is 16.4 Å². The minimum absolute atomic E-state index is 0.0582. The quantitative estimate of drug-likeness (QED) is 0.618. The van der Waals surface area contributed by atoms with Gasteiger partial charge in [0, 0.05) is 0 Å². The zero-order valence-electron chi connectivity index (χ0n) is 14.9. The maximum atomic E-state index is 13.4. The van der Waals surface area contributed by atoms with E-state index in [2.05, 4.69) is 0 Å². The van der Waals surface area contributed by atoms with Crippen LogP contribution in [-0.4, -0.2) is 23.3 Å². The standard InChI is InChI=1S/C21H20O5S2/c22-27(23)15-21(17-10-4-6-12-19(17)27)28(24,25)20-13-7-5-11-18(20)26-14-16-8-2-1-3-9-16/h1-13,21-23H,14-15H2. The average Bonchev–Trinajstić information content (AvgIpc) is 2.99. The molecule has 146 valence electrons. The van der Waals surface area contributed by atoms with E-state index in [0.717, 1.165) is 5.56 Å². The van der Waals surface area contributed by atoms with E-state index in [9.17, 15) is 17.5 Å². The molecule has 3 aromatic carbocycles. The Kier molecular flexibility index (Phi) is 4.93. The van der Waals surface area contributed by atoms with Crippen molar-refractivity contribution < 1.29 is 22.3 Å². The molecule has 0 spiro atoms. The van der Waals surface area contributed by atoms with Crippen molar-refractivity contribution in [1.82, 2.24) is 0 Å². The molecular formula is C21H20O5S2. The molecule has 0 aliphatic carbocycles. The molecule has 1 unspecified atom stereocenters. The molecule has 0 fully saturated rings. The van der Waals surface area contributed by atoms with Gasteiger partial charge in [0.25, 0.3) is 0 Å². The highest BCUT2D eigenvalue weighted by molar-refractivity contribution is 8.25. The smallest absolute Gasteiger partial charge is 0.190 e. The van der Waals surface area contributed by atoms with Gasteiger partial charge in [-0.25, -0.2) is 8.42 Å². The van der Waals surface area contributed by atoms with Crippen molar-refractivity contribution in [1.29, 1.82) is 0 Å². The van der Waals surface area contributed by atoms with E-state index < -0.39 is 25.7 Å². The van der Waals surface area contributed by atoms with Crippen molar-refractivity contribution in [2.45, 2.75) is 21.6 Å². The van der Waals surface area contributed by atoms with E-state index in [0.29, 0.717) is 10.5 Å². The summed E-state index contributed by atoms with van der Waals surface area (Å²) in [5.74, 6) is 0.0223. The van der Waals surface area contributed by atoms with Crippen molar-refractivity contribution in [2.24, 2.45) is 0 Å². The molecule has 28 heavy (non-hydrogen) atoms. The second-order valence-corrected chi connectivity index (χ2v) is 10.8. The van der Waals surface area contributed by atoms with Gasteiger partial charge in [-0.3, -0.25) is 9.11 Å². The fourth-order valence-corrected chi connectivity index (χ4v) is 7.93. The molecule has 0 aromatic heterocycles. The second kappa shape index (κ2) is 7.25. The van der Waals surface area contributed by atoms with Crippen LogP contribution in [0.4, 0.5) is 0 Å². The topological polar surface area (TPSA) is 83.8 Å². The zero-order chi connectivity index (χ0) is 19.8. The fraction of sp³-hybridized carbons (Fsp3) is 0.143. The van der Waals surface area contributed by atoms with Crippen LogP contribution >= 0.6 is 10.6 Å². The van der Waals surface area contributed by atoms with Crippen LogP contribution in [0.1, 0.15) is 16.4 Å². The molecule has 1 aliphatic rings. The van der Waals surface area contributed by atoms with Gasteiger partial charge in [-0.15, -0.1) is 0 Å². The van der Waals surface area contributed by atoms with Gasteiger partial charge in [-0.1, -0.05) is 60.7 Å². The predicted octanol–water partition coefficient (Wildman–Crippen LogP) is 4.90. The third-order valence-corrected chi connectivity index (χ3v) is 8.97. The van der Waals surface area contributed by atoms with Crippen molar-refractivity contribution in [3.63, 3.8) is 0 Å². The first-order valence-electron chi connectivity index (χ1n) is 8.74. The molecule has 1 atom stereocenters. The van der Waals surface area contributed by atoms with Crippen LogP contribution < -0.4 is 4.74 Å². The van der Waals surface area contributed by atoms with Crippen molar-refractivity contribution in [3.05, 3.63) is 90.0 Å². The largest absolute Gasteiger partial charge is 0.488 e. The van der Waals surface area contributed by atoms with Gasteiger partial charge in [0.05, 0.1) is 10.6 Å².